The van der Waals surface area contributed by atoms with E-state index < -0.39 is 17.6 Å². The molecule has 0 amide bonds. The van der Waals surface area contributed by atoms with Gasteiger partial charge >= 0.3 is 23.6 Å². The zero-order valence-electron chi connectivity index (χ0n) is 23.5. The summed E-state index contributed by atoms with van der Waals surface area (Å²) in [6, 6.07) is 1.49. The lowest BCUT2D eigenvalue weighted by Gasteiger charge is -2.31. The molecule has 0 aromatic carbocycles. The smallest absolute Gasteiger partial charge is 0.466 e. The summed E-state index contributed by atoms with van der Waals surface area (Å²) in [4.78, 5) is 14.4. The van der Waals surface area contributed by atoms with Crippen molar-refractivity contribution in [1.82, 2.24) is 4.90 Å². The number of nitrogens with zero attached hydrogens (tertiary/aromatic N) is 1. The number of esters is 1. The Kier molecular flexibility index (Phi) is 21.5. The molecule has 0 aromatic rings. The summed E-state index contributed by atoms with van der Waals surface area (Å²) in [7, 11) is -5.38. The summed E-state index contributed by atoms with van der Waals surface area (Å²) >= 11 is 0. The Morgan fingerprint density at radius 2 is 0.971 bits per heavy atom. The van der Waals surface area contributed by atoms with Crippen LogP contribution in [0.2, 0.25) is 12.1 Å². The molecule has 0 atom stereocenters. The molecule has 0 heterocycles. The van der Waals surface area contributed by atoms with Crippen molar-refractivity contribution >= 4 is 23.6 Å². The largest absolute Gasteiger partial charge is 0.500 e. The predicted octanol–water partition coefficient (Wildman–Crippen LogP) is 4.51. The van der Waals surface area contributed by atoms with Gasteiger partial charge in [-0.3, -0.25) is 4.79 Å². The van der Waals surface area contributed by atoms with E-state index in [2.05, 4.69) is 4.90 Å². The van der Waals surface area contributed by atoms with Gasteiger partial charge < -0.3 is 36.2 Å². The lowest BCUT2D eigenvalue weighted by molar-refractivity contribution is -0.144. The number of carbonyl (C=O) groups is 1. The SMILES string of the molecule is CCCOC(=O)CCN(CCC[Si](OCC)(OCC)OCC)CCC[Si](OCC)(OCC)OCC. The third-order valence-corrected chi connectivity index (χ3v) is 11.5. The van der Waals surface area contributed by atoms with E-state index in [1.807, 2.05) is 48.5 Å². The molecule has 35 heavy (non-hydrogen) atoms. The third kappa shape index (κ3) is 15.5. The maximum Gasteiger partial charge on any atom is 0.500 e. The van der Waals surface area contributed by atoms with Crippen LogP contribution in [0, 0.1) is 0 Å². The first kappa shape index (κ1) is 34.6. The number of ether oxygens (including phenoxy) is 1. The van der Waals surface area contributed by atoms with E-state index in [1.165, 1.54) is 0 Å². The van der Waals surface area contributed by atoms with Crippen LogP contribution in [-0.2, 0) is 36.1 Å². The average Bonchev–Trinajstić information content (AvgIpc) is 2.82. The molecular weight excluding hydrogens is 486 g/mol. The average molecular weight is 540 g/mol. The summed E-state index contributed by atoms with van der Waals surface area (Å²) in [5.74, 6) is -0.153. The second-order valence-electron chi connectivity index (χ2n) is 7.98. The molecule has 0 aliphatic heterocycles. The normalized spacial score (nSPS) is 12.5. The van der Waals surface area contributed by atoms with Crippen LogP contribution in [0.3, 0.4) is 0 Å². The van der Waals surface area contributed by atoms with Gasteiger partial charge in [0.15, 0.2) is 0 Å². The van der Waals surface area contributed by atoms with Crippen molar-refractivity contribution in [1.29, 1.82) is 0 Å². The minimum Gasteiger partial charge on any atom is -0.466 e. The van der Waals surface area contributed by atoms with Gasteiger partial charge in [-0.05, 0) is 73.9 Å². The summed E-state index contributed by atoms with van der Waals surface area (Å²) < 4.78 is 41.3. The Morgan fingerprint density at radius 1 is 0.600 bits per heavy atom. The first-order valence-corrected chi connectivity index (χ1v) is 17.5. The fourth-order valence-corrected chi connectivity index (χ4v) is 9.10. The molecule has 0 bridgehead atoms. The van der Waals surface area contributed by atoms with Crippen LogP contribution in [0.1, 0.15) is 74.1 Å². The van der Waals surface area contributed by atoms with Crippen molar-refractivity contribution in [3.05, 3.63) is 0 Å². The Morgan fingerprint density at radius 3 is 1.29 bits per heavy atom. The quantitative estimate of drug-likeness (QED) is 0.123. The van der Waals surface area contributed by atoms with Gasteiger partial charge in [-0.1, -0.05) is 6.92 Å². The first-order chi connectivity index (χ1) is 16.9. The highest BCUT2D eigenvalue weighted by molar-refractivity contribution is 6.61. The molecule has 0 spiro atoms. The summed E-state index contributed by atoms with van der Waals surface area (Å²) in [5.41, 5.74) is 0. The molecule has 0 saturated heterocycles. The highest BCUT2D eigenvalue weighted by atomic mass is 28.4. The zero-order valence-corrected chi connectivity index (χ0v) is 25.5. The highest BCUT2D eigenvalue weighted by Crippen LogP contribution is 2.21. The van der Waals surface area contributed by atoms with Crippen molar-refractivity contribution in [2.75, 3.05) is 65.9 Å². The Balaban J connectivity index is 5.15. The van der Waals surface area contributed by atoms with E-state index >= 15 is 0 Å². The Bertz CT molecular complexity index is 450. The molecule has 0 N–H and O–H groups in total. The van der Waals surface area contributed by atoms with Gasteiger partial charge in [0.2, 0.25) is 0 Å². The van der Waals surface area contributed by atoms with Crippen molar-refractivity contribution in [2.45, 2.75) is 86.2 Å². The summed E-state index contributed by atoms with van der Waals surface area (Å²) in [6.07, 6.45) is 2.92. The van der Waals surface area contributed by atoms with Crippen molar-refractivity contribution in [3.8, 4) is 0 Å². The van der Waals surface area contributed by atoms with Crippen LogP contribution in [-0.4, -0.2) is 94.4 Å². The molecule has 0 aliphatic carbocycles. The van der Waals surface area contributed by atoms with Gasteiger partial charge in [0.1, 0.15) is 0 Å². The van der Waals surface area contributed by atoms with Gasteiger partial charge in [-0.15, -0.1) is 0 Å². The van der Waals surface area contributed by atoms with Gasteiger partial charge in [0, 0.05) is 58.3 Å². The minimum atomic E-state index is -2.69. The van der Waals surface area contributed by atoms with Gasteiger partial charge in [0.25, 0.3) is 0 Å². The maximum absolute atomic E-state index is 12.1. The van der Waals surface area contributed by atoms with E-state index in [0.717, 1.165) is 44.4 Å². The highest BCUT2D eigenvalue weighted by Gasteiger charge is 2.41. The van der Waals surface area contributed by atoms with Gasteiger partial charge in [-0.2, -0.15) is 0 Å². The van der Waals surface area contributed by atoms with Crippen LogP contribution >= 0.6 is 0 Å². The molecule has 0 aromatic heterocycles. The Hall–Kier alpha value is -0.376. The molecular formula is C24H53NO8Si2. The van der Waals surface area contributed by atoms with Crippen molar-refractivity contribution < 1.29 is 36.1 Å². The second-order valence-corrected chi connectivity index (χ2v) is 13.4. The van der Waals surface area contributed by atoms with E-state index in [4.69, 9.17) is 31.3 Å². The molecule has 0 rings (SSSR count). The summed E-state index contributed by atoms with van der Waals surface area (Å²) in [5, 5.41) is 0. The predicted molar refractivity (Wildman–Crippen MR) is 142 cm³/mol. The molecule has 0 fully saturated rings. The first-order valence-electron chi connectivity index (χ1n) is 13.6. The zero-order chi connectivity index (χ0) is 26.4. The van der Waals surface area contributed by atoms with E-state index in [9.17, 15) is 4.79 Å². The summed E-state index contributed by atoms with van der Waals surface area (Å²) in [6.45, 7) is 20.0. The minimum absolute atomic E-state index is 0.153. The lowest BCUT2D eigenvalue weighted by atomic mass is 10.3. The van der Waals surface area contributed by atoms with Crippen LogP contribution in [0.15, 0.2) is 0 Å². The number of carbonyl (C=O) groups excluding carboxylic acids is 1. The molecule has 0 saturated carbocycles. The standard InChI is InChI=1S/C24H53NO8Si2/c1-8-21-27-24(26)17-20-25(18-15-22-34(28-9-2,29-10-3)30-11-4)19-16-23-35(31-12-5,32-13-6)33-14-7/h8-23H2,1-7H3. The molecule has 210 valence electrons. The third-order valence-electron chi connectivity index (χ3n) is 5.20. The van der Waals surface area contributed by atoms with E-state index in [-0.39, 0.29) is 5.97 Å². The fourth-order valence-electron chi connectivity index (χ4n) is 3.91. The maximum atomic E-state index is 12.1. The second kappa shape index (κ2) is 21.7. The molecule has 9 nitrogen and oxygen atoms in total. The molecule has 0 aliphatic rings. The Labute approximate surface area is 216 Å². The number of hydrogen-bond acceptors (Lipinski definition) is 9. The van der Waals surface area contributed by atoms with E-state index in [0.29, 0.717) is 59.2 Å². The van der Waals surface area contributed by atoms with Gasteiger partial charge in [0.05, 0.1) is 13.0 Å². The molecule has 11 heteroatoms. The molecule has 0 radical (unpaired) electrons. The van der Waals surface area contributed by atoms with Crippen molar-refractivity contribution in [3.63, 3.8) is 0 Å². The monoisotopic (exact) mass is 539 g/mol. The lowest BCUT2D eigenvalue weighted by Crippen LogP contribution is -2.47. The van der Waals surface area contributed by atoms with Crippen LogP contribution in [0.5, 0.6) is 0 Å². The van der Waals surface area contributed by atoms with Gasteiger partial charge in [-0.25, -0.2) is 0 Å². The fraction of sp³-hybridized carbons (Fsp3) is 0.958. The van der Waals surface area contributed by atoms with Crippen molar-refractivity contribution in [2.24, 2.45) is 0 Å². The van der Waals surface area contributed by atoms with Crippen LogP contribution < -0.4 is 0 Å². The van der Waals surface area contributed by atoms with E-state index in [1.54, 1.807) is 0 Å². The number of rotatable bonds is 25. The number of hydrogen-bond donors (Lipinski definition) is 0. The molecule has 0 unspecified atom stereocenters. The topological polar surface area (TPSA) is 84.9 Å². The van der Waals surface area contributed by atoms with Crippen LogP contribution in [0.25, 0.3) is 0 Å². The van der Waals surface area contributed by atoms with Crippen LogP contribution in [0.4, 0.5) is 0 Å².